The number of rotatable bonds is 4. The molecule has 2 rings (SSSR count). The lowest BCUT2D eigenvalue weighted by molar-refractivity contribution is -0.114. The lowest BCUT2D eigenvalue weighted by Gasteiger charge is -2.35. The highest BCUT2D eigenvalue weighted by Crippen LogP contribution is 2.21. The van der Waals surface area contributed by atoms with E-state index in [1.807, 2.05) is 0 Å². The Hall–Kier alpha value is -1.61. The van der Waals surface area contributed by atoms with Crippen molar-refractivity contribution in [3.8, 4) is 0 Å². The predicted molar refractivity (Wildman–Crippen MR) is 72.7 cm³/mol. The summed E-state index contributed by atoms with van der Waals surface area (Å²) >= 11 is 1.12. The van der Waals surface area contributed by atoms with E-state index in [4.69, 9.17) is 4.74 Å². The molecule has 21 heavy (non-hydrogen) atoms. The van der Waals surface area contributed by atoms with Crippen LogP contribution in [0.2, 0.25) is 0 Å². The molecule has 2 amide bonds. The molecule has 6 nitrogen and oxygen atoms in total. The molecule has 1 aliphatic heterocycles. The molecule has 1 unspecified atom stereocenters. The van der Waals surface area contributed by atoms with Crippen molar-refractivity contribution in [2.24, 2.45) is 0 Å². The van der Waals surface area contributed by atoms with Crippen LogP contribution < -0.4 is 5.32 Å². The van der Waals surface area contributed by atoms with Gasteiger partial charge in [0.25, 0.3) is 5.91 Å². The number of ether oxygens (including phenoxy) is 1. The fourth-order valence-corrected chi connectivity index (χ4v) is 2.78. The predicted octanol–water partition coefficient (Wildman–Crippen LogP) is 1.60. The van der Waals surface area contributed by atoms with Gasteiger partial charge in [-0.15, -0.1) is 11.3 Å². The van der Waals surface area contributed by atoms with Crippen LogP contribution in [0.1, 0.15) is 23.8 Å². The maximum Gasteiger partial charge on any atom is 0.273 e. The van der Waals surface area contributed by atoms with Crippen LogP contribution >= 0.6 is 11.3 Å². The quantitative estimate of drug-likeness (QED) is 0.915. The van der Waals surface area contributed by atoms with Crippen LogP contribution in [-0.2, 0) is 9.53 Å². The molecule has 116 valence electrons. The number of carbonyl (C=O) groups is 2. The number of halogens is 2. The number of alkyl halides is 2. The topological polar surface area (TPSA) is 71.5 Å². The van der Waals surface area contributed by atoms with Gasteiger partial charge in [-0.05, 0) is 0 Å². The molecule has 1 atom stereocenters. The average Bonchev–Trinajstić information content (AvgIpc) is 2.85. The van der Waals surface area contributed by atoms with E-state index in [-0.39, 0.29) is 24.8 Å². The molecule has 1 aromatic heterocycles. The van der Waals surface area contributed by atoms with Gasteiger partial charge in [-0.25, -0.2) is 13.8 Å². The first kappa shape index (κ1) is 15.8. The van der Waals surface area contributed by atoms with Gasteiger partial charge in [0.15, 0.2) is 5.13 Å². The normalized spacial score (nSPS) is 18.9. The highest BCUT2D eigenvalue weighted by Gasteiger charge is 2.31. The number of nitrogens with one attached hydrogen (secondary N) is 1. The smallest absolute Gasteiger partial charge is 0.273 e. The summed E-state index contributed by atoms with van der Waals surface area (Å²) in [6.07, 6.45) is -2.92. The second-order valence-corrected chi connectivity index (χ2v) is 5.43. The number of hydrogen-bond acceptors (Lipinski definition) is 5. The van der Waals surface area contributed by atoms with E-state index in [1.165, 1.54) is 17.2 Å². The number of thiazole rings is 1. The highest BCUT2D eigenvalue weighted by atomic mass is 32.1. The standard InChI is InChI=1S/C12H15F2N3O3S/c1-7(18)15-12-16-9(6-21-12)11(19)17-2-3-20-5-8(17)4-10(13)14/h6,8,10H,2-5H2,1H3,(H,15,16,18). The molecule has 0 spiro atoms. The molecule has 0 aliphatic carbocycles. The Bertz CT molecular complexity index is 524. The fourth-order valence-electron chi connectivity index (χ4n) is 2.05. The van der Waals surface area contributed by atoms with Gasteiger partial charge in [0.05, 0.1) is 19.3 Å². The summed E-state index contributed by atoms with van der Waals surface area (Å²) in [4.78, 5) is 28.6. The van der Waals surface area contributed by atoms with E-state index >= 15 is 0 Å². The van der Waals surface area contributed by atoms with E-state index < -0.39 is 24.8 Å². The number of aromatic nitrogens is 1. The Balaban J connectivity index is 2.09. The largest absolute Gasteiger partial charge is 0.377 e. The molecule has 0 aromatic carbocycles. The lowest BCUT2D eigenvalue weighted by atomic mass is 10.1. The zero-order chi connectivity index (χ0) is 15.4. The molecule has 1 N–H and O–H groups in total. The van der Waals surface area contributed by atoms with Crippen LogP contribution in [0.25, 0.3) is 0 Å². The first-order valence-corrected chi connectivity index (χ1v) is 7.25. The minimum Gasteiger partial charge on any atom is -0.377 e. The Morgan fingerprint density at radius 3 is 3.05 bits per heavy atom. The summed E-state index contributed by atoms with van der Waals surface area (Å²) in [5, 5.41) is 4.29. The molecule has 2 heterocycles. The van der Waals surface area contributed by atoms with Crippen LogP contribution in [0.3, 0.4) is 0 Å². The fraction of sp³-hybridized carbons (Fsp3) is 0.583. The number of carbonyl (C=O) groups excluding carboxylic acids is 2. The zero-order valence-electron chi connectivity index (χ0n) is 11.3. The van der Waals surface area contributed by atoms with Crippen LogP contribution in [0.5, 0.6) is 0 Å². The van der Waals surface area contributed by atoms with Crippen molar-refractivity contribution < 1.29 is 23.1 Å². The third-order valence-corrected chi connectivity index (χ3v) is 3.70. The highest BCUT2D eigenvalue weighted by molar-refractivity contribution is 7.14. The molecule has 1 aliphatic rings. The van der Waals surface area contributed by atoms with Gasteiger partial charge in [0.2, 0.25) is 12.3 Å². The third kappa shape index (κ3) is 4.18. The molecule has 0 saturated carbocycles. The minimum atomic E-state index is -2.50. The molecule has 1 aromatic rings. The SMILES string of the molecule is CC(=O)Nc1nc(C(=O)N2CCOCC2CC(F)F)cs1. The van der Waals surface area contributed by atoms with E-state index in [9.17, 15) is 18.4 Å². The van der Waals surface area contributed by atoms with Gasteiger partial charge >= 0.3 is 0 Å². The molecule has 1 fully saturated rings. The monoisotopic (exact) mass is 319 g/mol. The Labute approximate surface area is 124 Å². The van der Waals surface area contributed by atoms with Crippen LogP contribution in [0.15, 0.2) is 5.38 Å². The first-order valence-electron chi connectivity index (χ1n) is 6.37. The van der Waals surface area contributed by atoms with Crippen LogP contribution in [0.4, 0.5) is 13.9 Å². The lowest BCUT2D eigenvalue weighted by Crippen LogP contribution is -2.49. The van der Waals surface area contributed by atoms with Gasteiger partial charge in [-0.3, -0.25) is 9.59 Å². The molecule has 9 heteroatoms. The zero-order valence-corrected chi connectivity index (χ0v) is 12.2. The Morgan fingerprint density at radius 2 is 2.38 bits per heavy atom. The maximum atomic E-state index is 12.6. The number of anilines is 1. The van der Waals surface area contributed by atoms with Crippen molar-refractivity contribution in [1.29, 1.82) is 0 Å². The first-order chi connectivity index (χ1) is 9.97. The Morgan fingerprint density at radius 1 is 1.62 bits per heavy atom. The number of nitrogens with zero attached hydrogens (tertiary/aromatic N) is 2. The average molecular weight is 319 g/mol. The summed E-state index contributed by atoms with van der Waals surface area (Å²) in [5.74, 6) is -0.706. The van der Waals surface area contributed by atoms with Crippen molar-refractivity contribution in [1.82, 2.24) is 9.88 Å². The summed E-state index contributed by atoms with van der Waals surface area (Å²) in [5.41, 5.74) is 0.143. The van der Waals surface area contributed by atoms with Crippen molar-refractivity contribution in [2.45, 2.75) is 25.8 Å². The van der Waals surface area contributed by atoms with E-state index in [1.54, 1.807) is 0 Å². The molecule has 1 saturated heterocycles. The van der Waals surface area contributed by atoms with Crippen molar-refractivity contribution in [3.63, 3.8) is 0 Å². The van der Waals surface area contributed by atoms with Gasteiger partial charge in [-0.1, -0.05) is 0 Å². The second-order valence-electron chi connectivity index (χ2n) is 4.57. The summed E-state index contributed by atoms with van der Waals surface area (Å²) in [6.45, 7) is 2.00. The van der Waals surface area contributed by atoms with Gasteiger partial charge in [-0.2, -0.15) is 0 Å². The van der Waals surface area contributed by atoms with Crippen molar-refractivity contribution in [3.05, 3.63) is 11.1 Å². The van der Waals surface area contributed by atoms with Crippen molar-refractivity contribution >= 4 is 28.3 Å². The van der Waals surface area contributed by atoms with Crippen LogP contribution in [-0.4, -0.2) is 53.9 Å². The summed E-state index contributed by atoms with van der Waals surface area (Å²) in [6, 6.07) is -0.655. The number of amides is 2. The van der Waals surface area contributed by atoms with E-state index in [2.05, 4.69) is 10.3 Å². The summed E-state index contributed by atoms with van der Waals surface area (Å²) in [7, 11) is 0. The summed E-state index contributed by atoms with van der Waals surface area (Å²) < 4.78 is 30.3. The van der Waals surface area contributed by atoms with Gasteiger partial charge < -0.3 is 15.0 Å². The van der Waals surface area contributed by atoms with Gasteiger partial charge in [0, 0.05) is 25.3 Å². The number of hydrogen-bond donors (Lipinski definition) is 1. The van der Waals surface area contributed by atoms with E-state index in [0.717, 1.165) is 11.3 Å². The third-order valence-electron chi connectivity index (χ3n) is 2.94. The maximum absolute atomic E-state index is 12.6. The Kier molecular flexibility index (Phi) is 5.18. The second kappa shape index (κ2) is 6.90. The number of morpholine rings is 1. The van der Waals surface area contributed by atoms with E-state index in [0.29, 0.717) is 11.7 Å². The van der Waals surface area contributed by atoms with Gasteiger partial charge in [0.1, 0.15) is 5.69 Å². The van der Waals surface area contributed by atoms with Crippen LogP contribution in [0, 0.1) is 0 Å². The minimum absolute atomic E-state index is 0.0960. The molecule has 0 bridgehead atoms. The molecular weight excluding hydrogens is 304 g/mol. The van der Waals surface area contributed by atoms with Crippen molar-refractivity contribution in [2.75, 3.05) is 25.1 Å². The molecular formula is C12H15F2N3O3S. The molecule has 0 radical (unpaired) electrons.